The molecule has 0 aliphatic carbocycles. The van der Waals surface area contributed by atoms with Gasteiger partial charge >= 0.3 is 12.5 Å². The van der Waals surface area contributed by atoms with Crippen molar-refractivity contribution in [2.75, 3.05) is 0 Å². The van der Waals surface area contributed by atoms with Gasteiger partial charge in [-0.25, -0.2) is 0 Å². The highest BCUT2D eigenvalue weighted by Crippen LogP contribution is 2.42. The van der Waals surface area contributed by atoms with E-state index >= 15 is 0 Å². The number of alkyl halides is 6. The van der Waals surface area contributed by atoms with Crippen LogP contribution in [0.15, 0.2) is 36.4 Å². The minimum atomic E-state index is -4.83. The van der Waals surface area contributed by atoms with Crippen LogP contribution in [0.2, 0.25) is 0 Å². The maximum Gasteiger partial charge on any atom is 0.573 e. The number of phenolic OH excluding ortho intramolecular Hbond substituents is 1. The number of hydrogen-bond acceptors (Lipinski definition) is 2. The van der Waals surface area contributed by atoms with Gasteiger partial charge in [0.25, 0.3) is 0 Å². The summed E-state index contributed by atoms with van der Waals surface area (Å²) in [5, 5.41) is 10.3. The van der Waals surface area contributed by atoms with Crippen molar-refractivity contribution >= 4 is 0 Å². The quantitative estimate of drug-likeness (QED) is 0.519. The number of phenols is 1. The zero-order valence-electron chi connectivity index (χ0n) is 17.3. The van der Waals surface area contributed by atoms with Gasteiger partial charge in [-0.1, -0.05) is 46.8 Å². The molecule has 0 fully saturated rings. The third kappa shape index (κ3) is 5.83. The molecule has 0 unspecified atom stereocenters. The maximum absolute atomic E-state index is 13.7. The molecule has 1 N–H and O–H groups in total. The molecule has 0 amide bonds. The minimum Gasteiger partial charge on any atom is -0.508 e. The molecule has 30 heavy (non-hydrogen) atoms. The van der Waals surface area contributed by atoms with E-state index in [-0.39, 0.29) is 23.3 Å². The van der Waals surface area contributed by atoms with Gasteiger partial charge in [0, 0.05) is 0 Å². The highest BCUT2D eigenvalue weighted by molar-refractivity contribution is 5.47. The molecule has 2 aromatic carbocycles. The zero-order chi connectivity index (χ0) is 23.1. The van der Waals surface area contributed by atoms with E-state index in [2.05, 4.69) is 4.74 Å². The van der Waals surface area contributed by atoms with Gasteiger partial charge in [-0.3, -0.25) is 0 Å². The van der Waals surface area contributed by atoms with Crippen LogP contribution in [0.1, 0.15) is 56.9 Å². The van der Waals surface area contributed by atoms with E-state index in [0.29, 0.717) is 5.56 Å². The Kier molecular flexibility index (Phi) is 6.14. The van der Waals surface area contributed by atoms with E-state index < -0.39 is 34.7 Å². The summed E-state index contributed by atoms with van der Waals surface area (Å²) in [6, 6.07) is 7.12. The highest BCUT2D eigenvalue weighted by Gasteiger charge is 2.37. The topological polar surface area (TPSA) is 29.5 Å². The second-order valence-electron chi connectivity index (χ2n) is 8.91. The zero-order valence-corrected chi connectivity index (χ0v) is 17.3. The Morgan fingerprint density at radius 1 is 0.800 bits per heavy atom. The Balaban J connectivity index is 2.43. The highest BCUT2D eigenvalue weighted by atomic mass is 19.4. The third-order valence-electron chi connectivity index (χ3n) is 4.84. The smallest absolute Gasteiger partial charge is 0.508 e. The Morgan fingerprint density at radius 2 is 1.33 bits per heavy atom. The summed E-state index contributed by atoms with van der Waals surface area (Å²) in [5.41, 5.74) is -1.75. The van der Waals surface area contributed by atoms with E-state index in [1.54, 1.807) is 34.6 Å². The van der Waals surface area contributed by atoms with Crippen LogP contribution in [0.3, 0.4) is 0 Å². The van der Waals surface area contributed by atoms with Crippen LogP contribution in [0.25, 0.3) is 0 Å². The summed E-state index contributed by atoms with van der Waals surface area (Å²) in [6.07, 6.45) is -9.53. The molecule has 0 heterocycles. The van der Waals surface area contributed by atoms with Crippen LogP contribution in [0.4, 0.5) is 26.3 Å². The van der Waals surface area contributed by atoms with Crippen LogP contribution in [-0.2, 0) is 23.4 Å². The predicted molar refractivity (Wildman–Crippen MR) is 102 cm³/mol. The fraction of sp³-hybridized carbons (Fsp3) is 0.455. The lowest BCUT2D eigenvalue weighted by molar-refractivity contribution is -0.274. The van der Waals surface area contributed by atoms with Crippen molar-refractivity contribution in [1.29, 1.82) is 0 Å². The van der Waals surface area contributed by atoms with Crippen molar-refractivity contribution in [2.24, 2.45) is 0 Å². The first-order chi connectivity index (χ1) is 13.4. The molecule has 0 atom stereocenters. The number of rotatable bonds is 4. The van der Waals surface area contributed by atoms with Crippen molar-refractivity contribution in [3.63, 3.8) is 0 Å². The number of halogens is 6. The fourth-order valence-corrected chi connectivity index (χ4v) is 3.33. The van der Waals surface area contributed by atoms with E-state index in [1.807, 2.05) is 0 Å². The normalized spacial score (nSPS) is 13.4. The van der Waals surface area contributed by atoms with Crippen LogP contribution in [0.5, 0.6) is 11.5 Å². The van der Waals surface area contributed by atoms with Crippen LogP contribution >= 0.6 is 0 Å². The molecule has 0 saturated heterocycles. The third-order valence-corrected chi connectivity index (χ3v) is 4.84. The monoisotopic (exact) mass is 434 g/mol. The summed E-state index contributed by atoms with van der Waals surface area (Å²) >= 11 is 0. The van der Waals surface area contributed by atoms with Crippen molar-refractivity contribution in [2.45, 2.75) is 64.4 Å². The summed E-state index contributed by atoms with van der Waals surface area (Å²) in [7, 11) is 0. The van der Waals surface area contributed by atoms with Crippen molar-refractivity contribution in [3.05, 3.63) is 58.7 Å². The average Bonchev–Trinajstić information content (AvgIpc) is 2.51. The molecule has 0 bridgehead atoms. The van der Waals surface area contributed by atoms with E-state index in [0.717, 1.165) is 24.3 Å². The average molecular weight is 434 g/mol. The number of benzene rings is 2. The van der Waals surface area contributed by atoms with Gasteiger partial charge < -0.3 is 9.84 Å². The number of hydrogen-bond donors (Lipinski definition) is 1. The van der Waals surface area contributed by atoms with Gasteiger partial charge in [0.15, 0.2) is 0 Å². The first-order valence-corrected chi connectivity index (χ1v) is 9.20. The van der Waals surface area contributed by atoms with Crippen molar-refractivity contribution in [1.82, 2.24) is 0 Å². The molecule has 8 heteroatoms. The second-order valence-corrected chi connectivity index (χ2v) is 8.91. The van der Waals surface area contributed by atoms with Gasteiger partial charge in [0.2, 0.25) is 0 Å². The van der Waals surface area contributed by atoms with Gasteiger partial charge in [-0.15, -0.1) is 13.2 Å². The van der Waals surface area contributed by atoms with E-state index in [4.69, 9.17) is 0 Å². The molecular weight excluding hydrogens is 410 g/mol. The lowest BCUT2D eigenvalue weighted by Crippen LogP contribution is -2.24. The Morgan fingerprint density at radius 3 is 1.77 bits per heavy atom. The van der Waals surface area contributed by atoms with Crippen LogP contribution < -0.4 is 4.74 Å². The largest absolute Gasteiger partial charge is 0.573 e. The molecule has 2 aromatic rings. The Hall–Kier alpha value is -2.38. The molecule has 0 aliphatic rings. The van der Waals surface area contributed by atoms with Crippen LogP contribution in [-0.4, -0.2) is 11.5 Å². The minimum absolute atomic E-state index is 0.0840. The summed E-state index contributed by atoms with van der Waals surface area (Å²) in [6.45, 7) is 8.48. The van der Waals surface area contributed by atoms with Crippen LogP contribution in [0, 0.1) is 0 Å². The Labute approximate surface area is 171 Å². The molecule has 0 aliphatic heterocycles. The SMILES string of the molecule is CC(C)(C)c1cc(C(F)(F)F)c(CC(C)(C)c2ccc(OC(F)(F)F)cc2)cc1O. The lowest BCUT2D eigenvalue weighted by atomic mass is 9.76. The van der Waals surface area contributed by atoms with Gasteiger partial charge in [0.1, 0.15) is 11.5 Å². The molecule has 2 nitrogen and oxygen atoms in total. The second kappa shape index (κ2) is 7.71. The maximum atomic E-state index is 13.7. The molecular formula is C22H24F6O2. The number of aromatic hydroxyl groups is 1. The van der Waals surface area contributed by atoms with Gasteiger partial charge in [0.05, 0.1) is 5.56 Å². The van der Waals surface area contributed by atoms with E-state index in [9.17, 15) is 31.4 Å². The van der Waals surface area contributed by atoms with Crippen molar-refractivity contribution in [3.8, 4) is 11.5 Å². The molecule has 0 spiro atoms. The molecule has 0 radical (unpaired) electrons. The number of ether oxygens (including phenoxy) is 1. The van der Waals surface area contributed by atoms with Gasteiger partial charge in [-0.2, -0.15) is 13.2 Å². The van der Waals surface area contributed by atoms with E-state index in [1.165, 1.54) is 12.1 Å². The van der Waals surface area contributed by atoms with Gasteiger partial charge in [-0.05, 0) is 58.2 Å². The predicted octanol–water partition coefficient (Wildman–Crippen LogP) is 7.13. The lowest BCUT2D eigenvalue weighted by Gasteiger charge is -2.29. The first kappa shape index (κ1) is 23.9. The summed E-state index contributed by atoms with van der Waals surface area (Å²) < 4.78 is 82.0. The first-order valence-electron chi connectivity index (χ1n) is 9.20. The Bertz CT molecular complexity index is 888. The molecule has 0 aromatic heterocycles. The standard InChI is InChI=1S/C22H24F6O2/c1-19(2,3)17-11-16(21(23,24)25)13(10-18(17)29)12-20(4,5)14-6-8-15(9-7-14)30-22(26,27)28/h6-11,29H,12H2,1-5H3. The fourth-order valence-electron chi connectivity index (χ4n) is 3.33. The van der Waals surface area contributed by atoms with Crippen molar-refractivity contribution < 1.29 is 36.2 Å². The molecule has 2 rings (SSSR count). The molecule has 0 saturated carbocycles. The summed E-state index contributed by atoms with van der Waals surface area (Å²) in [5.74, 6) is -0.638. The molecule has 166 valence electrons. The summed E-state index contributed by atoms with van der Waals surface area (Å²) in [4.78, 5) is 0.